The zero-order valence-corrected chi connectivity index (χ0v) is 12.0. The predicted octanol–water partition coefficient (Wildman–Crippen LogP) is 2.21. The molecule has 1 unspecified atom stereocenters. The molecule has 0 aromatic heterocycles. The van der Waals surface area contributed by atoms with Crippen LogP contribution in [0, 0.1) is 5.92 Å². The molecule has 1 atom stereocenters. The van der Waals surface area contributed by atoms with E-state index in [0.29, 0.717) is 12.1 Å². The molecule has 0 aliphatic heterocycles. The van der Waals surface area contributed by atoms with Crippen LogP contribution in [0.4, 0.5) is 0 Å². The molecule has 0 saturated heterocycles. The van der Waals surface area contributed by atoms with E-state index in [1.807, 2.05) is 0 Å². The molecule has 0 bridgehead atoms. The van der Waals surface area contributed by atoms with Gasteiger partial charge in [-0.25, -0.2) is 13.1 Å². The van der Waals surface area contributed by atoms with E-state index in [4.69, 9.17) is 0 Å². The number of hydrogen-bond acceptors (Lipinski definition) is 3. The summed E-state index contributed by atoms with van der Waals surface area (Å²) in [6, 6.07) is 6.35. The first-order chi connectivity index (χ1) is 8.99. The van der Waals surface area contributed by atoms with Crippen molar-refractivity contribution in [1.29, 1.82) is 0 Å². The van der Waals surface area contributed by atoms with Crippen LogP contribution in [0.3, 0.4) is 0 Å². The summed E-state index contributed by atoms with van der Waals surface area (Å²) < 4.78 is 26.6. The van der Waals surface area contributed by atoms with Crippen LogP contribution < -0.4 is 4.72 Å². The molecule has 1 aliphatic rings. The Bertz CT molecular complexity index is 504. The molecular formula is C14H21NO3S. The molecule has 1 aliphatic carbocycles. The highest BCUT2D eigenvalue weighted by molar-refractivity contribution is 7.89. The van der Waals surface area contributed by atoms with Gasteiger partial charge in [-0.1, -0.05) is 25.0 Å². The quantitative estimate of drug-likeness (QED) is 0.754. The minimum atomic E-state index is -3.41. The van der Waals surface area contributed by atoms with Gasteiger partial charge in [0.15, 0.2) is 0 Å². The van der Waals surface area contributed by atoms with Gasteiger partial charge in [0.05, 0.1) is 11.0 Å². The summed E-state index contributed by atoms with van der Waals surface area (Å²) >= 11 is 0. The summed E-state index contributed by atoms with van der Waals surface area (Å²) in [7, 11) is -3.41. The van der Waals surface area contributed by atoms with E-state index in [2.05, 4.69) is 4.72 Å². The normalized spacial score (nSPS) is 17.4. The molecule has 1 aromatic rings. The number of aliphatic hydroxyl groups is 1. The summed E-state index contributed by atoms with van der Waals surface area (Å²) in [5, 5.41) is 9.38. The van der Waals surface area contributed by atoms with Crippen LogP contribution in [0.25, 0.3) is 0 Å². The average Bonchev–Trinajstić information content (AvgIpc) is 3.19. The molecule has 0 radical (unpaired) electrons. The van der Waals surface area contributed by atoms with Crippen molar-refractivity contribution >= 4 is 10.0 Å². The third kappa shape index (κ3) is 4.30. The Balaban J connectivity index is 1.89. The average molecular weight is 283 g/mol. The van der Waals surface area contributed by atoms with Gasteiger partial charge in [0.25, 0.3) is 0 Å². The van der Waals surface area contributed by atoms with Gasteiger partial charge in [-0.05, 0) is 43.4 Å². The van der Waals surface area contributed by atoms with Crippen LogP contribution in [0.1, 0.15) is 44.3 Å². The summed E-state index contributed by atoms with van der Waals surface area (Å²) in [6.07, 6.45) is 4.03. The fourth-order valence-electron chi connectivity index (χ4n) is 2.01. The topological polar surface area (TPSA) is 66.4 Å². The predicted molar refractivity (Wildman–Crippen MR) is 74.2 cm³/mol. The fourth-order valence-corrected chi connectivity index (χ4v) is 3.09. The Morgan fingerprint density at radius 1 is 1.32 bits per heavy atom. The van der Waals surface area contributed by atoms with E-state index in [-0.39, 0.29) is 4.90 Å². The maximum atomic E-state index is 12.0. The third-order valence-corrected chi connectivity index (χ3v) is 4.93. The smallest absolute Gasteiger partial charge is 0.240 e. The van der Waals surface area contributed by atoms with Crippen molar-refractivity contribution in [3.63, 3.8) is 0 Å². The summed E-state index contributed by atoms with van der Waals surface area (Å²) in [5.41, 5.74) is 0.715. The second-order valence-electron chi connectivity index (χ2n) is 5.23. The Morgan fingerprint density at radius 3 is 2.47 bits per heavy atom. The van der Waals surface area contributed by atoms with Gasteiger partial charge in [-0.3, -0.25) is 0 Å². The molecule has 0 amide bonds. The molecule has 2 N–H and O–H groups in total. The van der Waals surface area contributed by atoms with Crippen LogP contribution in [0.5, 0.6) is 0 Å². The van der Waals surface area contributed by atoms with E-state index >= 15 is 0 Å². The molecule has 1 aromatic carbocycles. The zero-order valence-electron chi connectivity index (χ0n) is 11.2. The highest BCUT2D eigenvalue weighted by Crippen LogP contribution is 2.33. The maximum absolute atomic E-state index is 12.0. The Labute approximate surface area is 114 Å². The lowest BCUT2D eigenvalue weighted by atomic mass is 10.1. The SMILES string of the molecule is CC(O)c1ccc(S(=O)(=O)NCCCC2CC2)cc1. The van der Waals surface area contributed by atoms with Crippen molar-refractivity contribution in [1.82, 2.24) is 4.72 Å². The second kappa shape index (κ2) is 6.03. The van der Waals surface area contributed by atoms with E-state index in [1.165, 1.54) is 25.0 Å². The number of sulfonamides is 1. The van der Waals surface area contributed by atoms with Crippen molar-refractivity contribution in [3.8, 4) is 0 Å². The minimum Gasteiger partial charge on any atom is -0.389 e. The van der Waals surface area contributed by atoms with Crippen molar-refractivity contribution in [2.75, 3.05) is 6.54 Å². The van der Waals surface area contributed by atoms with Crippen LogP contribution in [0.2, 0.25) is 0 Å². The zero-order chi connectivity index (χ0) is 13.9. The highest BCUT2D eigenvalue weighted by atomic mass is 32.2. The van der Waals surface area contributed by atoms with Gasteiger partial charge < -0.3 is 5.11 Å². The lowest BCUT2D eigenvalue weighted by Crippen LogP contribution is -2.24. The molecule has 1 fully saturated rings. The lowest BCUT2D eigenvalue weighted by molar-refractivity contribution is 0.199. The van der Waals surface area contributed by atoms with E-state index in [9.17, 15) is 13.5 Å². The molecule has 1 saturated carbocycles. The second-order valence-corrected chi connectivity index (χ2v) is 7.00. The standard InChI is InChI=1S/C14H21NO3S/c1-11(16)13-6-8-14(9-7-13)19(17,18)15-10-2-3-12-4-5-12/h6-9,11-12,15-16H,2-5,10H2,1H3. The summed E-state index contributed by atoms with van der Waals surface area (Å²) in [4.78, 5) is 0.253. The number of rotatable bonds is 7. The third-order valence-electron chi connectivity index (χ3n) is 3.45. The highest BCUT2D eigenvalue weighted by Gasteiger charge is 2.20. The van der Waals surface area contributed by atoms with Gasteiger partial charge in [0.2, 0.25) is 10.0 Å². The lowest BCUT2D eigenvalue weighted by Gasteiger charge is -2.08. The van der Waals surface area contributed by atoms with Gasteiger partial charge in [0.1, 0.15) is 0 Å². The Hall–Kier alpha value is -0.910. The number of aliphatic hydroxyl groups excluding tert-OH is 1. The monoisotopic (exact) mass is 283 g/mol. The largest absolute Gasteiger partial charge is 0.389 e. The minimum absolute atomic E-state index is 0.253. The molecule has 5 heteroatoms. The molecule has 106 valence electrons. The van der Waals surface area contributed by atoms with Gasteiger partial charge in [0, 0.05) is 6.54 Å². The van der Waals surface area contributed by atoms with Crippen molar-refractivity contribution in [2.45, 2.75) is 43.6 Å². The number of nitrogens with one attached hydrogen (secondary N) is 1. The van der Waals surface area contributed by atoms with Gasteiger partial charge >= 0.3 is 0 Å². The van der Waals surface area contributed by atoms with Gasteiger partial charge in [-0.15, -0.1) is 0 Å². The number of benzene rings is 1. The Kier molecular flexibility index (Phi) is 4.60. The first-order valence-corrected chi connectivity index (χ1v) is 8.25. The molecule has 0 spiro atoms. The Morgan fingerprint density at radius 2 is 1.95 bits per heavy atom. The van der Waals surface area contributed by atoms with Crippen LogP contribution in [-0.4, -0.2) is 20.1 Å². The van der Waals surface area contributed by atoms with Crippen molar-refractivity contribution < 1.29 is 13.5 Å². The van der Waals surface area contributed by atoms with Crippen molar-refractivity contribution in [2.24, 2.45) is 5.92 Å². The molecule has 19 heavy (non-hydrogen) atoms. The van der Waals surface area contributed by atoms with Crippen LogP contribution >= 0.6 is 0 Å². The first kappa shape index (κ1) is 14.5. The molecule has 2 rings (SSSR count). The molecule has 4 nitrogen and oxygen atoms in total. The molecule has 0 heterocycles. The van der Waals surface area contributed by atoms with E-state index in [1.54, 1.807) is 19.1 Å². The fraction of sp³-hybridized carbons (Fsp3) is 0.571. The van der Waals surface area contributed by atoms with Gasteiger partial charge in [-0.2, -0.15) is 0 Å². The van der Waals surface area contributed by atoms with E-state index in [0.717, 1.165) is 18.8 Å². The summed E-state index contributed by atoms with van der Waals surface area (Å²) in [6.45, 7) is 2.15. The summed E-state index contributed by atoms with van der Waals surface area (Å²) in [5.74, 6) is 0.829. The molecular weight excluding hydrogens is 262 g/mol. The maximum Gasteiger partial charge on any atom is 0.240 e. The van der Waals surface area contributed by atoms with Crippen LogP contribution in [0.15, 0.2) is 29.2 Å². The van der Waals surface area contributed by atoms with Crippen LogP contribution in [-0.2, 0) is 10.0 Å². The van der Waals surface area contributed by atoms with Crippen molar-refractivity contribution in [3.05, 3.63) is 29.8 Å². The van der Waals surface area contributed by atoms with E-state index < -0.39 is 16.1 Å². The first-order valence-electron chi connectivity index (χ1n) is 6.77. The number of hydrogen-bond donors (Lipinski definition) is 2.